The molecule has 2 N–H and O–H groups in total. The molecule has 1 heterocycles. The number of halogens is 2. The Hall–Kier alpha value is -1.13. The molecule has 116 valence electrons. The highest BCUT2D eigenvalue weighted by atomic mass is 35.5. The van der Waals surface area contributed by atoms with E-state index in [0.29, 0.717) is 12.5 Å². The van der Waals surface area contributed by atoms with E-state index in [1.165, 1.54) is 18.6 Å². The second-order valence-corrected chi connectivity index (χ2v) is 6.04. The molecular weight excluding hydrogens is 291 g/mol. The number of hydrogen-bond donors (Lipinski definition) is 2. The van der Waals surface area contributed by atoms with Crippen molar-refractivity contribution in [2.24, 2.45) is 11.3 Å². The molecule has 1 aromatic rings. The molecule has 21 heavy (non-hydrogen) atoms. The summed E-state index contributed by atoms with van der Waals surface area (Å²) < 4.78 is 13.1. The molecule has 1 aromatic carbocycles. The topological polar surface area (TPSA) is 41.1 Å². The van der Waals surface area contributed by atoms with Crippen molar-refractivity contribution in [3.63, 3.8) is 0 Å². The molecule has 0 unspecified atom stereocenters. The van der Waals surface area contributed by atoms with Crippen LogP contribution in [0, 0.1) is 17.2 Å². The summed E-state index contributed by atoms with van der Waals surface area (Å²) in [6, 6.07) is 6.41. The summed E-state index contributed by atoms with van der Waals surface area (Å²) in [6.07, 6.45) is 4.47. The molecule has 3 rings (SSSR count). The van der Waals surface area contributed by atoms with Gasteiger partial charge in [0.15, 0.2) is 0 Å². The molecule has 5 heteroatoms. The van der Waals surface area contributed by atoms with E-state index in [1.807, 2.05) is 6.07 Å². The average molecular weight is 313 g/mol. The minimum atomic E-state index is -0.256. The molecule has 1 aliphatic heterocycles. The lowest BCUT2D eigenvalue weighted by molar-refractivity contribution is -0.134. The number of carbonyl (C=O) groups is 1. The standard InChI is InChI=1S/C16H21FN2O.ClH/c17-14-6-3-4-12(8-14)9-19-15(20)16-7-2-1-5-13(16)10-18-11-16;/h3-4,6,8,13,18H,1-2,5,7,9-11H2,(H,19,20);1H/t13-,16+;/m0./s1. The fraction of sp³-hybridized carbons (Fsp3) is 0.562. The third-order valence-electron chi connectivity index (χ3n) is 4.83. The van der Waals surface area contributed by atoms with Crippen molar-refractivity contribution in [2.45, 2.75) is 32.2 Å². The van der Waals surface area contributed by atoms with Gasteiger partial charge in [0.2, 0.25) is 5.91 Å². The zero-order valence-electron chi connectivity index (χ0n) is 12.0. The van der Waals surface area contributed by atoms with Gasteiger partial charge in [-0.25, -0.2) is 4.39 Å². The van der Waals surface area contributed by atoms with Crippen LogP contribution in [0.25, 0.3) is 0 Å². The second-order valence-electron chi connectivity index (χ2n) is 6.04. The average Bonchev–Trinajstić information content (AvgIpc) is 2.90. The van der Waals surface area contributed by atoms with Gasteiger partial charge in [0.25, 0.3) is 0 Å². The molecule has 3 nitrogen and oxygen atoms in total. The zero-order chi connectivity index (χ0) is 14.0. The van der Waals surface area contributed by atoms with E-state index in [-0.39, 0.29) is 29.5 Å². The van der Waals surface area contributed by atoms with Crippen molar-refractivity contribution in [1.82, 2.24) is 10.6 Å². The minimum absolute atomic E-state index is 0. The highest BCUT2D eigenvalue weighted by molar-refractivity contribution is 5.85. The van der Waals surface area contributed by atoms with Gasteiger partial charge in [0.1, 0.15) is 5.82 Å². The zero-order valence-corrected chi connectivity index (χ0v) is 12.8. The van der Waals surface area contributed by atoms with Crippen LogP contribution in [0.5, 0.6) is 0 Å². The van der Waals surface area contributed by atoms with Crippen LogP contribution in [0.1, 0.15) is 31.2 Å². The minimum Gasteiger partial charge on any atom is -0.351 e. The molecule has 1 aliphatic carbocycles. The summed E-state index contributed by atoms with van der Waals surface area (Å²) >= 11 is 0. The Morgan fingerprint density at radius 2 is 2.29 bits per heavy atom. The summed E-state index contributed by atoms with van der Waals surface area (Å²) in [5, 5.41) is 6.38. The van der Waals surface area contributed by atoms with Crippen LogP contribution in [-0.2, 0) is 11.3 Å². The Labute approximate surface area is 131 Å². The van der Waals surface area contributed by atoms with Crippen LogP contribution in [-0.4, -0.2) is 19.0 Å². The number of nitrogens with one attached hydrogen (secondary N) is 2. The number of amides is 1. The highest BCUT2D eigenvalue weighted by Crippen LogP contribution is 2.43. The lowest BCUT2D eigenvalue weighted by Gasteiger charge is -2.37. The van der Waals surface area contributed by atoms with Gasteiger partial charge in [-0.1, -0.05) is 25.0 Å². The van der Waals surface area contributed by atoms with Crippen molar-refractivity contribution in [2.75, 3.05) is 13.1 Å². The van der Waals surface area contributed by atoms with E-state index in [4.69, 9.17) is 0 Å². The van der Waals surface area contributed by atoms with Crippen LogP contribution >= 0.6 is 12.4 Å². The first-order valence-corrected chi connectivity index (χ1v) is 7.44. The number of hydrogen-bond acceptors (Lipinski definition) is 2. The normalized spacial score (nSPS) is 27.6. The van der Waals surface area contributed by atoms with Crippen LogP contribution in [0.3, 0.4) is 0 Å². The molecular formula is C16H22ClFN2O. The van der Waals surface area contributed by atoms with E-state index in [1.54, 1.807) is 6.07 Å². The van der Waals surface area contributed by atoms with Gasteiger partial charge in [0, 0.05) is 13.1 Å². The molecule has 2 fully saturated rings. The molecule has 2 aliphatic rings. The van der Waals surface area contributed by atoms with Gasteiger partial charge in [-0.05, 0) is 43.0 Å². The van der Waals surface area contributed by atoms with Gasteiger partial charge >= 0.3 is 0 Å². The molecule has 1 saturated carbocycles. The molecule has 0 radical (unpaired) electrons. The van der Waals surface area contributed by atoms with Gasteiger partial charge in [-0.15, -0.1) is 12.4 Å². The van der Waals surface area contributed by atoms with E-state index in [9.17, 15) is 9.18 Å². The Bertz CT molecular complexity index is 511. The molecule has 0 aromatic heterocycles. The van der Waals surface area contributed by atoms with E-state index >= 15 is 0 Å². The van der Waals surface area contributed by atoms with Crippen LogP contribution in [0.2, 0.25) is 0 Å². The van der Waals surface area contributed by atoms with Crippen molar-refractivity contribution >= 4 is 18.3 Å². The maximum atomic E-state index is 13.1. The van der Waals surface area contributed by atoms with Gasteiger partial charge < -0.3 is 10.6 Å². The first kappa shape index (κ1) is 16.2. The Balaban J connectivity index is 0.00000161. The van der Waals surface area contributed by atoms with Crippen molar-refractivity contribution in [3.8, 4) is 0 Å². The quantitative estimate of drug-likeness (QED) is 0.901. The van der Waals surface area contributed by atoms with E-state index in [0.717, 1.165) is 37.9 Å². The van der Waals surface area contributed by atoms with E-state index < -0.39 is 0 Å². The first-order chi connectivity index (χ1) is 9.71. The van der Waals surface area contributed by atoms with Crippen molar-refractivity contribution < 1.29 is 9.18 Å². The third kappa shape index (κ3) is 3.22. The Kier molecular flexibility index (Phi) is 5.22. The van der Waals surface area contributed by atoms with Crippen LogP contribution in [0.15, 0.2) is 24.3 Å². The maximum absolute atomic E-state index is 13.1. The summed E-state index contributed by atoms with van der Waals surface area (Å²) in [4.78, 5) is 12.6. The molecule has 2 atom stereocenters. The number of fused-ring (bicyclic) bond motifs is 1. The Morgan fingerprint density at radius 3 is 3.10 bits per heavy atom. The number of benzene rings is 1. The molecule has 0 bridgehead atoms. The number of rotatable bonds is 3. The maximum Gasteiger partial charge on any atom is 0.228 e. The van der Waals surface area contributed by atoms with Gasteiger partial charge in [-0.3, -0.25) is 4.79 Å². The summed E-state index contributed by atoms with van der Waals surface area (Å²) in [6.45, 7) is 2.14. The summed E-state index contributed by atoms with van der Waals surface area (Å²) in [7, 11) is 0. The lowest BCUT2D eigenvalue weighted by Crippen LogP contribution is -2.47. The van der Waals surface area contributed by atoms with Crippen molar-refractivity contribution in [3.05, 3.63) is 35.6 Å². The van der Waals surface area contributed by atoms with Gasteiger partial charge in [-0.2, -0.15) is 0 Å². The van der Waals surface area contributed by atoms with E-state index in [2.05, 4.69) is 10.6 Å². The SMILES string of the molecule is Cl.O=C(NCc1cccc(F)c1)[C@@]12CCCC[C@H]1CNC2. The first-order valence-electron chi connectivity index (χ1n) is 7.44. The highest BCUT2D eigenvalue weighted by Gasteiger charge is 2.49. The molecule has 1 saturated heterocycles. The predicted molar refractivity (Wildman–Crippen MR) is 82.8 cm³/mol. The van der Waals surface area contributed by atoms with Crippen molar-refractivity contribution in [1.29, 1.82) is 0 Å². The molecule has 0 spiro atoms. The third-order valence-corrected chi connectivity index (χ3v) is 4.83. The Morgan fingerprint density at radius 1 is 1.43 bits per heavy atom. The smallest absolute Gasteiger partial charge is 0.228 e. The van der Waals surface area contributed by atoms with Crippen LogP contribution in [0.4, 0.5) is 4.39 Å². The van der Waals surface area contributed by atoms with Gasteiger partial charge in [0.05, 0.1) is 5.41 Å². The summed E-state index contributed by atoms with van der Waals surface area (Å²) in [5.41, 5.74) is 0.582. The molecule has 1 amide bonds. The van der Waals surface area contributed by atoms with Crippen LogP contribution < -0.4 is 10.6 Å². The monoisotopic (exact) mass is 312 g/mol. The second kappa shape index (κ2) is 6.75. The summed E-state index contributed by atoms with van der Waals surface area (Å²) in [5.74, 6) is 0.341. The predicted octanol–water partition coefficient (Wildman–Crippen LogP) is 2.64. The number of carbonyl (C=O) groups excluding carboxylic acids is 1. The largest absolute Gasteiger partial charge is 0.351 e. The fourth-order valence-corrected chi connectivity index (χ4v) is 3.70. The lowest BCUT2D eigenvalue weighted by atomic mass is 9.67. The fourth-order valence-electron chi connectivity index (χ4n) is 3.70.